The van der Waals surface area contributed by atoms with Gasteiger partial charge in [-0.1, -0.05) is 35.9 Å². The Morgan fingerprint density at radius 2 is 1.77 bits per heavy atom. The molecule has 2 aliphatic rings. The molecule has 10 nitrogen and oxygen atoms in total. The Kier molecular flexibility index (Phi) is 9.17. The highest BCUT2D eigenvalue weighted by Crippen LogP contribution is 2.36. The van der Waals surface area contributed by atoms with E-state index in [1.54, 1.807) is 49.3 Å². The molecule has 11 heteroatoms. The maximum atomic E-state index is 13.4. The molecule has 0 saturated carbocycles. The molecule has 1 fully saturated rings. The summed E-state index contributed by atoms with van der Waals surface area (Å²) in [6, 6.07) is 12.7. The number of hydrogen-bond acceptors (Lipinski definition) is 7. The number of esters is 1. The molecule has 216 valence electrons. The van der Waals surface area contributed by atoms with E-state index in [0.29, 0.717) is 42.2 Å². The predicted octanol–water partition coefficient (Wildman–Crippen LogP) is 3.30. The molecule has 1 N–H and O–H groups in total. The molecule has 40 heavy (non-hydrogen) atoms. The minimum Gasteiger partial charge on any atom is -0.496 e. The Morgan fingerprint density at radius 1 is 1.07 bits per heavy atom. The lowest BCUT2D eigenvalue weighted by Crippen LogP contribution is -2.56. The van der Waals surface area contributed by atoms with E-state index < -0.39 is 22.0 Å². The summed E-state index contributed by atoms with van der Waals surface area (Å²) >= 11 is 0. The van der Waals surface area contributed by atoms with Crippen LogP contribution in [0.5, 0.6) is 5.75 Å². The Balaban J connectivity index is 1.67. The van der Waals surface area contributed by atoms with Crippen molar-refractivity contribution in [3.05, 3.63) is 70.9 Å². The number of carbonyl (C=O) groups excluding carboxylic acids is 2. The number of aryl methyl sites for hydroxylation is 1. The molecule has 2 aliphatic heterocycles. The van der Waals surface area contributed by atoms with Crippen LogP contribution in [-0.2, 0) is 19.6 Å². The SMILES string of the molecule is CCOC(=O)C1=C(CN2CCN(S(=O)(=O)c3ccc(C)cc3)C(C)C2)N(CC)C(=O)NC1c1ccccc1OC. The van der Waals surface area contributed by atoms with Gasteiger partial charge in [-0.2, -0.15) is 4.31 Å². The number of rotatable bonds is 9. The number of ether oxygens (including phenoxy) is 2. The van der Waals surface area contributed by atoms with Crippen LogP contribution in [0.3, 0.4) is 0 Å². The zero-order chi connectivity index (χ0) is 29.0. The van der Waals surface area contributed by atoms with Crippen LogP contribution >= 0.6 is 0 Å². The molecule has 0 bridgehead atoms. The fourth-order valence-electron chi connectivity index (χ4n) is 5.37. The lowest BCUT2D eigenvalue weighted by molar-refractivity contribution is -0.139. The summed E-state index contributed by atoms with van der Waals surface area (Å²) < 4.78 is 39.3. The molecule has 0 aliphatic carbocycles. The number of benzene rings is 2. The maximum Gasteiger partial charge on any atom is 0.338 e. The van der Waals surface area contributed by atoms with Crippen molar-refractivity contribution in [1.82, 2.24) is 19.4 Å². The van der Waals surface area contributed by atoms with Crippen molar-refractivity contribution in [2.24, 2.45) is 0 Å². The number of urea groups is 1. The maximum absolute atomic E-state index is 13.4. The summed E-state index contributed by atoms with van der Waals surface area (Å²) in [5.74, 6) is 0.0305. The van der Waals surface area contributed by atoms with E-state index in [0.717, 1.165) is 5.56 Å². The van der Waals surface area contributed by atoms with Gasteiger partial charge in [0, 0.05) is 50.0 Å². The predicted molar refractivity (Wildman–Crippen MR) is 151 cm³/mol. The topological polar surface area (TPSA) is 108 Å². The molecular weight excluding hydrogens is 532 g/mol. The van der Waals surface area contributed by atoms with E-state index in [1.807, 2.05) is 39.0 Å². The Bertz CT molecular complexity index is 1380. The lowest BCUT2D eigenvalue weighted by atomic mass is 9.93. The first kappa shape index (κ1) is 29.6. The normalized spacial score (nSPS) is 20.8. The summed E-state index contributed by atoms with van der Waals surface area (Å²) in [7, 11) is -2.12. The lowest BCUT2D eigenvalue weighted by Gasteiger charge is -2.42. The summed E-state index contributed by atoms with van der Waals surface area (Å²) in [6.07, 6.45) is 0. The molecule has 2 amide bonds. The van der Waals surface area contributed by atoms with Crippen LogP contribution in [0.25, 0.3) is 0 Å². The first-order valence-corrected chi connectivity index (χ1v) is 15.0. The second kappa shape index (κ2) is 12.4. The number of amides is 2. The second-order valence-electron chi connectivity index (χ2n) is 9.96. The standard InChI is InChI=1S/C29H38N4O6S/c1-6-32-24(19-31-16-17-33(21(4)18-31)40(36,37)22-14-12-20(3)13-15-22)26(28(34)39-7-2)27(30-29(32)35)23-10-8-9-11-25(23)38-5/h8-15,21,27H,6-7,16-19H2,1-5H3,(H,30,35). The number of para-hydroxylation sites is 1. The zero-order valence-electron chi connectivity index (χ0n) is 23.7. The van der Waals surface area contributed by atoms with Crippen LogP contribution in [0, 0.1) is 6.92 Å². The highest BCUT2D eigenvalue weighted by Gasteiger charge is 2.41. The molecule has 1 saturated heterocycles. The van der Waals surface area contributed by atoms with Crippen LogP contribution < -0.4 is 10.1 Å². The fraction of sp³-hybridized carbons (Fsp3) is 0.448. The highest BCUT2D eigenvalue weighted by atomic mass is 32.2. The van der Waals surface area contributed by atoms with Crippen molar-refractivity contribution in [2.75, 3.05) is 46.4 Å². The molecule has 2 aromatic carbocycles. The van der Waals surface area contributed by atoms with E-state index in [2.05, 4.69) is 10.2 Å². The number of sulfonamides is 1. The van der Waals surface area contributed by atoms with Crippen molar-refractivity contribution >= 4 is 22.0 Å². The monoisotopic (exact) mass is 570 g/mol. The third kappa shape index (κ3) is 5.86. The van der Waals surface area contributed by atoms with E-state index in [1.165, 1.54) is 4.31 Å². The van der Waals surface area contributed by atoms with Gasteiger partial charge in [0.2, 0.25) is 10.0 Å². The molecular formula is C29H38N4O6S. The van der Waals surface area contributed by atoms with Gasteiger partial charge in [-0.25, -0.2) is 18.0 Å². The van der Waals surface area contributed by atoms with Crippen LogP contribution in [-0.4, -0.2) is 87.0 Å². The summed E-state index contributed by atoms with van der Waals surface area (Å²) in [5, 5.41) is 2.97. The number of nitrogens with one attached hydrogen (secondary N) is 1. The quantitative estimate of drug-likeness (QED) is 0.461. The molecule has 0 radical (unpaired) electrons. The number of methoxy groups -OCH3 is 1. The summed E-state index contributed by atoms with van der Waals surface area (Å²) in [4.78, 5) is 30.6. The van der Waals surface area contributed by atoms with Crippen molar-refractivity contribution in [2.45, 2.75) is 44.7 Å². The second-order valence-corrected chi connectivity index (χ2v) is 11.9. The van der Waals surface area contributed by atoms with Crippen molar-refractivity contribution in [3.63, 3.8) is 0 Å². The van der Waals surface area contributed by atoms with Gasteiger partial charge in [0.1, 0.15) is 5.75 Å². The minimum absolute atomic E-state index is 0.181. The molecule has 0 aromatic heterocycles. The van der Waals surface area contributed by atoms with E-state index in [9.17, 15) is 18.0 Å². The number of nitrogens with zero attached hydrogens (tertiary/aromatic N) is 3. The average Bonchev–Trinajstić information content (AvgIpc) is 2.93. The largest absolute Gasteiger partial charge is 0.496 e. The number of likely N-dealkylation sites (N-methyl/N-ethyl adjacent to an activating group) is 1. The third-order valence-electron chi connectivity index (χ3n) is 7.35. The van der Waals surface area contributed by atoms with Gasteiger partial charge in [-0.15, -0.1) is 0 Å². The van der Waals surface area contributed by atoms with Gasteiger partial charge in [-0.3, -0.25) is 9.80 Å². The van der Waals surface area contributed by atoms with Crippen molar-refractivity contribution < 1.29 is 27.5 Å². The summed E-state index contributed by atoms with van der Waals surface area (Å²) in [6.45, 7) is 9.35. The fourth-order valence-corrected chi connectivity index (χ4v) is 6.98. The van der Waals surface area contributed by atoms with E-state index in [4.69, 9.17) is 9.47 Å². The Morgan fingerprint density at radius 3 is 2.40 bits per heavy atom. The van der Waals surface area contributed by atoms with Gasteiger partial charge < -0.3 is 14.8 Å². The van der Waals surface area contributed by atoms with E-state index >= 15 is 0 Å². The third-order valence-corrected chi connectivity index (χ3v) is 9.38. The highest BCUT2D eigenvalue weighted by molar-refractivity contribution is 7.89. The molecule has 2 heterocycles. The average molecular weight is 571 g/mol. The minimum atomic E-state index is -3.66. The zero-order valence-corrected chi connectivity index (χ0v) is 24.5. The number of carbonyl (C=O) groups is 2. The van der Waals surface area contributed by atoms with Gasteiger partial charge in [0.05, 0.1) is 30.2 Å². The number of piperazine rings is 1. The smallest absolute Gasteiger partial charge is 0.338 e. The summed E-state index contributed by atoms with van der Waals surface area (Å²) in [5.41, 5.74) is 2.53. The van der Waals surface area contributed by atoms with Crippen molar-refractivity contribution in [1.29, 1.82) is 0 Å². The molecule has 4 rings (SSSR count). The first-order chi connectivity index (χ1) is 19.1. The van der Waals surface area contributed by atoms with Crippen LogP contribution in [0.2, 0.25) is 0 Å². The van der Waals surface area contributed by atoms with Crippen LogP contribution in [0.4, 0.5) is 4.79 Å². The van der Waals surface area contributed by atoms with Gasteiger partial charge in [0.25, 0.3) is 0 Å². The molecule has 2 unspecified atom stereocenters. The first-order valence-electron chi connectivity index (χ1n) is 13.5. The van der Waals surface area contributed by atoms with Gasteiger partial charge >= 0.3 is 12.0 Å². The Labute approximate surface area is 236 Å². The molecule has 2 atom stereocenters. The van der Waals surface area contributed by atoms with Crippen molar-refractivity contribution in [3.8, 4) is 5.75 Å². The van der Waals surface area contributed by atoms with Gasteiger partial charge in [0.15, 0.2) is 0 Å². The van der Waals surface area contributed by atoms with E-state index in [-0.39, 0.29) is 36.7 Å². The Hall–Kier alpha value is -3.41. The molecule has 0 spiro atoms. The molecule has 2 aromatic rings. The van der Waals surface area contributed by atoms with Crippen LogP contribution in [0.15, 0.2) is 64.7 Å². The van der Waals surface area contributed by atoms with Gasteiger partial charge in [-0.05, 0) is 45.9 Å². The number of hydrogen-bond donors (Lipinski definition) is 1. The van der Waals surface area contributed by atoms with Crippen LogP contribution in [0.1, 0.15) is 37.9 Å².